The summed E-state index contributed by atoms with van der Waals surface area (Å²) in [5, 5.41) is 3.53. The van der Waals surface area contributed by atoms with Crippen molar-refractivity contribution in [2.24, 2.45) is 0 Å². The van der Waals surface area contributed by atoms with E-state index in [0.29, 0.717) is 18.7 Å². The van der Waals surface area contributed by atoms with Crippen molar-refractivity contribution in [1.29, 1.82) is 0 Å². The minimum absolute atomic E-state index is 0.0185. The molecule has 1 N–H and O–H groups in total. The Morgan fingerprint density at radius 1 is 1.27 bits per heavy atom. The average Bonchev–Trinajstić information content (AvgIpc) is 2.64. The van der Waals surface area contributed by atoms with Crippen LogP contribution in [0.1, 0.15) is 29.8 Å². The van der Waals surface area contributed by atoms with Gasteiger partial charge in [0.1, 0.15) is 18.0 Å². The number of carbonyl (C=O) groups is 1. The first-order valence-corrected chi connectivity index (χ1v) is 8.63. The summed E-state index contributed by atoms with van der Waals surface area (Å²) in [6.45, 7) is 12.5. The second kappa shape index (κ2) is 7.08. The summed E-state index contributed by atoms with van der Waals surface area (Å²) in [5.41, 5.74) is 2.69. The summed E-state index contributed by atoms with van der Waals surface area (Å²) in [6.07, 6.45) is 1.74. The molecule has 1 aliphatic rings. The monoisotopic (exact) mass is 348 g/mol. The molecule has 0 fully saturated rings. The van der Waals surface area contributed by atoms with Crippen LogP contribution >= 0.6 is 0 Å². The molecule has 3 rings (SSSR count). The van der Waals surface area contributed by atoms with Gasteiger partial charge in [0.15, 0.2) is 0 Å². The van der Waals surface area contributed by atoms with Crippen molar-refractivity contribution < 1.29 is 9.53 Å². The molecule has 1 heterocycles. The molecule has 1 amide bonds. The summed E-state index contributed by atoms with van der Waals surface area (Å²) >= 11 is 0. The highest BCUT2D eigenvalue weighted by molar-refractivity contribution is 6.02. The molecular formula is C22H24N2O2. The van der Waals surface area contributed by atoms with Crippen molar-refractivity contribution in [3.05, 3.63) is 84.5 Å². The third kappa shape index (κ3) is 3.23. The normalized spacial score (nSPS) is 18.7. The molecule has 2 aromatic rings. The van der Waals surface area contributed by atoms with Crippen molar-refractivity contribution >= 4 is 11.6 Å². The quantitative estimate of drug-likeness (QED) is 0.778. The number of para-hydroxylation sites is 1. The number of hydrogen-bond donors (Lipinski definition) is 1. The fraction of sp³-hybridized carbons (Fsp3) is 0.227. The number of fused-ring (bicyclic) bond motifs is 1. The van der Waals surface area contributed by atoms with Gasteiger partial charge in [-0.2, -0.15) is 0 Å². The maximum absolute atomic E-state index is 13.1. The number of benzene rings is 2. The van der Waals surface area contributed by atoms with Crippen molar-refractivity contribution in [2.45, 2.75) is 19.5 Å². The third-order valence-electron chi connectivity index (χ3n) is 4.51. The summed E-state index contributed by atoms with van der Waals surface area (Å²) in [5.74, 6) is 0.730. The lowest BCUT2D eigenvalue weighted by Gasteiger charge is -2.46. The first-order valence-electron chi connectivity index (χ1n) is 8.63. The van der Waals surface area contributed by atoms with E-state index in [1.54, 1.807) is 11.0 Å². The predicted octanol–water partition coefficient (Wildman–Crippen LogP) is 4.57. The van der Waals surface area contributed by atoms with E-state index in [1.165, 1.54) is 0 Å². The number of hydrogen-bond acceptors (Lipinski definition) is 3. The van der Waals surface area contributed by atoms with E-state index in [1.807, 2.05) is 62.4 Å². The number of nitrogens with zero attached hydrogens (tertiary/aromatic N) is 1. The highest BCUT2D eigenvalue weighted by Gasteiger charge is 2.41. The van der Waals surface area contributed by atoms with E-state index in [0.717, 1.165) is 22.6 Å². The molecular weight excluding hydrogens is 324 g/mol. The number of nitrogens with one attached hydrogen (secondary N) is 1. The summed E-state index contributed by atoms with van der Waals surface area (Å²) in [6, 6.07) is 15.4. The predicted molar refractivity (Wildman–Crippen MR) is 105 cm³/mol. The van der Waals surface area contributed by atoms with Gasteiger partial charge in [0.05, 0.1) is 5.56 Å². The molecule has 0 saturated heterocycles. The van der Waals surface area contributed by atoms with Gasteiger partial charge in [-0.25, -0.2) is 0 Å². The molecule has 1 aliphatic heterocycles. The van der Waals surface area contributed by atoms with Gasteiger partial charge in [0.2, 0.25) is 0 Å². The van der Waals surface area contributed by atoms with Crippen LogP contribution in [0.5, 0.6) is 5.75 Å². The summed E-state index contributed by atoms with van der Waals surface area (Å²) in [4.78, 5) is 14.9. The molecule has 0 aromatic heterocycles. The van der Waals surface area contributed by atoms with Gasteiger partial charge in [-0.15, -0.1) is 6.58 Å². The minimum Gasteiger partial charge on any atom is -0.489 e. The zero-order valence-electron chi connectivity index (χ0n) is 15.3. The van der Waals surface area contributed by atoms with E-state index < -0.39 is 5.66 Å². The number of amides is 1. The van der Waals surface area contributed by atoms with Crippen LogP contribution in [-0.4, -0.2) is 24.0 Å². The van der Waals surface area contributed by atoms with Crippen LogP contribution in [0.25, 0.3) is 0 Å². The van der Waals surface area contributed by atoms with Crippen molar-refractivity contribution in [2.75, 3.05) is 18.5 Å². The SMILES string of the molecule is C=CCN1C(=O)c2ccccc2NC1(C)c1cccc(OCC(=C)C)c1. The largest absolute Gasteiger partial charge is 0.489 e. The van der Waals surface area contributed by atoms with E-state index >= 15 is 0 Å². The van der Waals surface area contributed by atoms with Crippen LogP contribution in [0, 0.1) is 0 Å². The van der Waals surface area contributed by atoms with Gasteiger partial charge in [0.25, 0.3) is 5.91 Å². The molecule has 1 unspecified atom stereocenters. The fourth-order valence-corrected chi connectivity index (χ4v) is 3.17. The summed E-state index contributed by atoms with van der Waals surface area (Å²) in [7, 11) is 0. The maximum atomic E-state index is 13.1. The topological polar surface area (TPSA) is 41.6 Å². The molecule has 0 saturated carbocycles. The second-order valence-corrected chi connectivity index (χ2v) is 6.72. The smallest absolute Gasteiger partial charge is 0.258 e. The second-order valence-electron chi connectivity index (χ2n) is 6.72. The Balaban J connectivity index is 2.03. The third-order valence-corrected chi connectivity index (χ3v) is 4.51. The molecule has 1 atom stereocenters. The summed E-state index contributed by atoms with van der Waals surface area (Å²) < 4.78 is 5.78. The Hall–Kier alpha value is -3.01. The number of rotatable bonds is 6. The molecule has 4 nitrogen and oxygen atoms in total. The van der Waals surface area contributed by atoms with Gasteiger partial charge < -0.3 is 15.0 Å². The lowest BCUT2D eigenvalue weighted by atomic mass is 9.93. The number of carbonyl (C=O) groups excluding carboxylic acids is 1. The maximum Gasteiger partial charge on any atom is 0.258 e. The molecule has 26 heavy (non-hydrogen) atoms. The van der Waals surface area contributed by atoms with Crippen LogP contribution in [0.2, 0.25) is 0 Å². The fourth-order valence-electron chi connectivity index (χ4n) is 3.17. The molecule has 0 spiro atoms. The lowest BCUT2D eigenvalue weighted by molar-refractivity contribution is 0.0572. The van der Waals surface area contributed by atoms with E-state index in [-0.39, 0.29) is 5.91 Å². The zero-order valence-corrected chi connectivity index (χ0v) is 15.3. The van der Waals surface area contributed by atoms with E-state index in [9.17, 15) is 4.79 Å². The van der Waals surface area contributed by atoms with Gasteiger partial charge in [0, 0.05) is 17.8 Å². The minimum atomic E-state index is -0.706. The van der Waals surface area contributed by atoms with E-state index in [2.05, 4.69) is 18.5 Å². The molecule has 0 radical (unpaired) electrons. The van der Waals surface area contributed by atoms with Gasteiger partial charge in [-0.3, -0.25) is 4.79 Å². The van der Waals surface area contributed by atoms with Gasteiger partial charge in [-0.1, -0.05) is 36.9 Å². The number of anilines is 1. The highest BCUT2D eigenvalue weighted by Crippen LogP contribution is 2.38. The van der Waals surface area contributed by atoms with Crippen molar-refractivity contribution in [3.63, 3.8) is 0 Å². The Morgan fingerprint density at radius 2 is 2.04 bits per heavy atom. The average molecular weight is 348 g/mol. The van der Waals surface area contributed by atoms with Crippen LogP contribution < -0.4 is 10.1 Å². The van der Waals surface area contributed by atoms with Crippen LogP contribution in [0.3, 0.4) is 0 Å². The Kier molecular flexibility index (Phi) is 4.85. The van der Waals surface area contributed by atoms with Crippen LogP contribution in [0.15, 0.2) is 73.3 Å². The standard InChI is InChI=1S/C22H24N2O2/c1-5-13-24-21(25)19-11-6-7-12-20(19)23-22(24,4)17-9-8-10-18(14-17)26-15-16(2)3/h5-12,14,23H,1-2,13,15H2,3-4H3. The zero-order chi connectivity index (χ0) is 18.7. The Bertz CT molecular complexity index is 859. The van der Waals surface area contributed by atoms with Gasteiger partial charge >= 0.3 is 0 Å². The Labute approximate surface area is 154 Å². The van der Waals surface area contributed by atoms with E-state index in [4.69, 9.17) is 4.74 Å². The number of ether oxygens (including phenoxy) is 1. The molecule has 2 aromatic carbocycles. The molecule has 0 aliphatic carbocycles. The molecule has 4 heteroatoms. The van der Waals surface area contributed by atoms with Crippen molar-refractivity contribution in [1.82, 2.24) is 4.90 Å². The van der Waals surface area contributed by atoms with Gasteiger partial charge in [-0.05, 0) is 43.7 Å². The van der Waals surface area contributed by atoms with Crippen molar-refractivity contribution in [3.8, 4) is 5.75 Å². The molecule has 0 bridgehead atoms. The van der Waals surface area contributed by atoms with Crippen LogP contribution in [-0.2, 0) is 5.66 Å². The first-order chi connectivity index (χ1) is 12.5. The lowest BCUT2D eigenvalue weighted by Crippen LogP contribution is -2.55. The molecule has 134 valence electrons. The first kappa shape index (κ1) is 17.8. The highest BCUT2D eigenvalue weighted by atomic mass is 16.5. The Morgan fingerprint density at radius 3 is 2.77 bits per heavy atom. The van der Waals surface area contributed by atoms with Crippen LogP contribution in [0.4, 0.5) is 5.69 Å².